The van der Waals surface area contributed by atoms with Gasteiger partial charge in [-0.3, -0.25) is 9.59 Å². The Morgan fingerprint density at radius 3 is 2.75 bits per heavy atom. The largest absolute Gasteiger partial charge is 0.353 e. The van der Waals surface area contributed by atoms with Crippen molar-refractivity contribution in [1.29, 1.82) is 0 Å². The number of aromatic amines is 1. The molecule has 7 heteroatoms. The highest BCUT2D eigenvalue weighted by Crippen LogP contribution is 2.18. The number of hydrogen-bond acceptors (Lipinski definition) is 4. The number of nitrogens with one attached hydrogen (secondary N) is 2. The van der Waals surface area contributed by atoms with Crippen molar-refractivity contribution in [2.45, 2.75) is 43.6 Å². The summed E-state index contributed by atoms with van der Waals surface area (Å²) in [4.78, 5) is 30.6. The van der Waals surface area contributed by atoms with Crippen LogP contribution in [0.25, 0.3) is 0 Å². The van der Waals surface area contributed by atoms with E-state index in [4.69, 9.17) is 0 Å². The van der Waals surface area contributed by atoms with Gasteiger partial charge in [0.25, 0.3) is 5.56 Å². The van der Waals surface area contributed by atoms with Gasteiger partial charge in [0.15, 0.2) is 5.16 Å². The Balaban J connectivity index is 2.01. The summed E-state index contributed by atoms with van der Waals surface area (Å²) in [5, 5.41) is 3.29. The monoisotopic (exact) mass is 349 g/mol. The van der Waals surface area contributed by atoms with E-state index in [-0.39, 0.29) is 29.7 Å². The summed E-state index contributed by atoms with van der Waals surface area (Å²) in [6, 6.07) is 7.57. The summed E-state index contributed by atoms with van der Waals surface area (Å²) in [6.45, 7) is 3.91. The maximum Gasteiger partial charge on any atom is 0.251 e. The van der Waals surface area contributed by atoms with Gasteiger partial charge in [-0.15, -0.1) is 0 Å². The smallest absolute Gasteiger partial charge is 0.251 e. The van der Waals surface area contributed by atoms with Gasteiger partial charge in [-0.05, 0) is 31.0 Å². The summed E-state index contributed by atoms with van der Waals surface area (Å²) >= 11 is 1.33. The van der Waals surface area contributed by atoms with E-state index in [2.05, 4.69) is 15.3 Å². The van der Waals surface area contributed by atoms with E-state index in [0.717, 1.165) is 12.0 Å². The number of thioether (sulfide) groups is 1. The summed E-state index contributed by atoms with van der Waals surface area (Å²) in [7, 11) is 0. The molecule has 5 nitrogen and oxygen atoms in total. The van der Waals surface area contributed by atoms with Crippen molar-refractivity contribution < 1.29 is 9.18 Å². The molecule has 0 aliphatic heterocycles. The fraction of sp³-hybridized carbons (Fsp3) is 0.353. The van der Waals surface area contributed by atoms with Crippen molar-refractivity contribution >= 4 is 17.7 Å². The minimum atomic E-state index is -0.294. The number of nitrogens with zero attached hydrogens (tertiary/aromatic N) is 1. The Bertz CT molecular complexity index is 746. The first-order valence-corrected chi connectivity index (χ1v) is 8.71. The number of aromatic nitrogens is 2. The van der Waals surface area contributed by atoms with Gasteiger partial charge in [-0.2, -0.15) is 0 Å². The molecule has 2 N–H and O–H groups in total. The average Bonchev–Trinajstić information content (AvgIpc) is 2.53. The minimum absolute atomic E-state index is 0.0678. The molecule has 24 heavy (non-hydrogen) atoms. The molecule has 0 bridgehead atoms. The Labute approximate surface area is 144 Å². The molecule has 1 unspecified atom stereocenters. The number of amides is 1. The fourth-order valence-electron chi connectivity index (χ4n) is 1.97. The van der Waals surface area contributed by atoms with Gasteiger partial charge in [0, 0.05) is 17.9 Å². The molecule has 0 fully saturated rings. The molecule has 128 valence electrons. The van der Waals surface area contributed by atoms with Gasteiger partial charge in [0.1, 0.15) is 5.82 Å². The lowest BCUT2D eigenvalue weighted by Gasteiger charge is -2.11. The van der Waals surface area contributed by atoms with E-state index in [1.807, 2.05) is 13.8 Å². The maximum absolute atomic E-state index is 12.9. The van der Waals surface area contributed by atoms with Crippen molar-refractivity contribution in [3.05, 3.63) is 57.8 Å². The lowest BCUT2D eigenvalue weighted by molar-refractivity contribution is -0.121. The third-order valence-electron chi connectivity index (χ3n) is 3.42. The van der Waals surface area contributed by atoms with Crippen LogP contribution in [0.1, 0.15) is 31.5 Å². The van der Waals surface area contributed by atoms with E-state index < -0.39 is 0 Å². The molecule has 1 aromatic heterocycles. The average molecular weight is 349 g/mol. The summed E-state index contributed by atoms with van der Waals surface area (Å²) < 4.78 is 12.9. The predicted octanol–water partition coefficient (Wildman–Crippen LogP) is 2.66. The SMILES string of the molecule is CCC(C)NC(=O)Cc1cc(=O)[nH]c(SCc2ccc(F)cc2)n1. The standard InChI is InChI=1S/C17H20FN3O2S/c1-3-11(2)19-15(22)8-14-9-16(23)21-17(20-14)24-10-12-4-6-13(18)7-5-12/h4-7,9,11H,3,8,10H2,1-2H3,(H,19,22)(H,20,21,23). The van der Waals surface area contributed by atoms with E-state index in [1.54, 1.807) is 12.1 Å². The molecule has 0 saturated carbocycles. The lowest BCUT2D eigenvalue weighted by Crippen LogP contribution is -2.33. The van der Waals surface area contributed by atoms with Gasteiger partial charge in [0.2, 0.25) is 5.91 Å². The van der Waals surface area contributed by atoms with Crippen LogP contribution in [0.2, 0.25) is 0 Å². The Hall–Kier alpha value is -2.15. The molecule has 0 aliphatic carbocycles. The third kappa shape index (κ3) is 5.81. The Morgan fingerprint density at radius 2 is 2.08 bits per heavy atom. The highest BCUT2D eigenvalue weighted by Gasteiger charge is 2.10. The molecule has 2 aromatic rings. The molecular formula is C17H20FN3O2S. The fourth-order valence-corrected chi connectivity index (χ4v) is 2.82. The molecular weight excluding hydrogens is 329 g/mol. The number of halogens is 1. The van der Waals surface area contributed by atoms with Crippen LogP contribution in [-0.2, 0) is 17.0 Å². The van der Waals surface area contributed by atoms with Crippen molar-refractivity contribution in [1.82, 2.24) is 15.3 Å². The van der Waals surface area contributed by atoms with Gasteiger partial charge < -0.3 is 10.3 Å². The second-order valence-electron chi connectivity index (χ2n) is 5.51. The quantitative estimate of drug-likeness (QED) is 0.595. The molecule has 0 saturated heterocycles. The van der Waals surface area contributed by atoms with Gasteiger partial charge in [-0.1, -0.05) is 30.8 Å². The number of hydrogen-bond donors (Lipinski definition) is 2. The molecule has 1 atom stereocenters. The first kappa shape index (κ1) is 18.2. The van der Waals surface area contributed by atoms with E-state index in [9.17, 15) is 14.0 Å². The van der Waals surface area contributed by atoms with E-state index in [0.29, 0.717) is 16.6 Å². The molecule has 0 radical (unpaired) electrons. The van der Waals surface area contributed by atoms with Crippen LogP contribution in [0, 0.1) is 5.82 Å². The topological polar surface area (TPSA) is 74.8 Å². The van der Waals surface area contributed by atoms with Crippen LogP contribution < -0.4 is 10.9 Å². The van der Waals surface area contributed by atoms with E-state index >= 15 is 0 Å². The normalized spacial score (nSPS) is 12.0. The zero-order chi connectivity index (χ0) is 17.5. The molecule has 0 spiro atoms. The van der Waals surface area contributed by atoms with Crippen LogP contribution in [0.4, 0.5) is 4.39 Å². The second-order valence-corrected chi connectivity index (χ2v) is 6.47. The van der Waals surface area contributed by atoms with Crippen molar-refractivity contribution in [2.24, 2.45) is 0 Å². The zero-order valence-corrected chi connectivity index (χ0v) is 14.5. The molecule has 1 heterocycles. The van der Waals surface area contributed by atoms with Gasteiger partial charge in [-0.25, -0.2) is 9.37 Å². The number of rotatable bonds is 7. The second kappa shape index (κ2) is 8.63. The van der Waals surface area contributed by atoms with Crippen molar-refractivity contribution in [3.8, 4) is 0 Å². The van der Waals surface area contributed by atoms with E-state index in [1.165, 1.54) is 30.0 Å². The molecule has 0 aliphatic rings. The van der Waals surface area contributed by atoms with Crippen LogP contribution in [-0.4, -0.2) is 21.9 Å². The summed E-state index contributed by atoms with van der Waals surface area (Å²) in [5.41, 5.74) is 1.06. The predicted molar refractivity (Wildman–Crippen MR) is 92.4 cm³/mol. The highest BCUT2D eigenvalue weighted by molar-refractivity contribution is 7.98. The molecule has 1 aromatic carbocycles. The first-order chi connectivity index (χ1) is 11.5. The van der Waals surface area contributed by atoms with Crippen LogP contribution in [0.15, 0.2) is 40.3 Å². The minimum Gasteiger partial charge on any atom is -0.353 e. The van der Waals surface area contributed by atoms with Crippen LogP contribution in [0.5, 0.6) is 0 Å². The van der Waals surface area contributed by atoms with Gasteiger partial charge >= 0.3 is 0 Å². The maximum atomic E-state index is 12.9. The van der Waals surface area contributed by atoms with Crippen molar-refractivity contribution in [2.75, 3.05) is 0 Å². The first-order valence-electron chi connectivity index (χ1n) is 7.73. The number of benzene rings is 1. The van der Waals surface area contributed by atoms with Crippen molar-refractivity contribution in [3.63, 3.8) is 0 Å². The number of carbonyl (C=O) groups is 1. The summed E-state index contributed by atoms with van der Waals surface area (Å²) in [6.07, 6.45) is 0.908. The third-order valence-corrected chi connectivity index (χ3v) is 4.37. The summed E-state index contributed by atoms with van der Waals surface area (Å²) in [5.74, 6) is 0.104. The van der Waals surface area contributed by atoms with Crippen LogP contribution in [0.3, 0.4) is 0 Å². The zero-order valence-electron chi connectivity index (χ0n) is 13.6. The van der Waals surface area contributed by atoms with Gasteiger partial charge in [0.05, 0.1) is 12.1 Å². The number of H-pyrrole nitrogens is 1. The molecule has 1 amide bonds. The lowest BCUT2D eigenvalue weighted by atomic mass is 10.2. The van der Waals surface area contributed by atoms with Crippen LogP contribution >= 0.6 is 11.8 Å². The Kier molecular flexibility index (Phi) is 6.54. The highest BCUT2D eigenvalue weighted by atomic mass is 32.2. The molecule has 2 rings (SSSR count). The number of carbonyl (C=O) groups excluding carboxylic acids is 1. The Morgan fingerprint density at radius 1 is 1.38 bits per heavy atom.